The largest absolute Gasteiger partial charge is 0.0905 e. The molecule has 2 aliphatic rings. The molecule has 0 heterocycles. The molecule has 1 aromatic carbocycles. The Balaban J connectivity index is 2.26. The molecule has 72 valence electrons. The summed E-state index contributed by atoms with van der Waals surface area (Å²) in [5.41, 5.74) is 6.54. The van der Waals surface area contributed by atoms with Gasteiger partial charge in [0.1, 0.15) is 0 Å². The van der Waals surface area contributed by atoms with Gasteiger partial charge in [0.25, 0.3) is 0 Å². The van der Waals surface area contributed by atoms with Crippen LogP contribution in [0.5, 0.6) is 0 Å². The quantitative estimate of drug-likeness (QED) is 0.583. The number of hydrogen-bond donors (Lipinski definition) is 0. The van der Waals surface area contributed by atoms with Crippen molar-refractivity contribution in [2.24, 2.45) is 0 Å². The Morgan fingerprint density at radius 3 is 2.67 bits per heavy atom. The van der Waals surface area contributed by atoms with Gasteiger partial charge in [0.2, 0.25) is 0 Å². The molecule has 3 rings (SSSR count). The summed E-state index contributed by atoms with van der Waals surface area (Å²) in [6, 6.07) is 8.52. The summed E-state index contributed by atoms with van der Waals surface area (Å²) >= 11 is 0. The fourth-order valence-corrected chi connectivity index (χ4v) is 2.32. The van der Waals surface area contributed by atoms with Crippen LogP contribution in [-0.2, 0) is 0 Å². The van der Waals surface area contributed by atoms with E-state index in [4.69, 9.17) is 0 Å². The Kier molecular flexibility index (Phi) is 1.75. The Morgan fingerprint density at radius 1 is 1.00 bits per heavy atom. The first-order valence-electron chi connectivity index (χ1n) is 5.23. The average Bonchev–Trinajstić information content (AvgIpc) is 2.48. The molecular formula is C15H12. The van der Waals surface area contributed by atoms with E-state index in [9.17, 15) is 0 Å². The number of hydrogen-bond acceptors (Lipinski definition) is 0. The molecule has 0 saturated heterocycles. The van der Waals surface area contributed by atoms with Crippen LogP contribution in [0.2, 0.25) is 0 Å². The molecule has 0 amide bonds. The van der Waals surface area contributed by atoms with Gasteiger partial charge in [-0.05, 0) is 34.3 Å². The van der Waals surface area contributed by atoms with Gasteiger partial charge in [-0.3, -0.25) is 0 Å². The molecule has 0 aliphatic heterocycles. The Bertz CT molecular complexity index is 525. The van der Waals surface area contributed by atoms with Gasteiger partial charge in [0, 0.05) is 0 Å². The molecule has 0 radical (unpaired) electrons. The molecule has 0 fully saturated rings. The van der Waals surface area contributed by atoms with E-state index >= 15 is 0 Å². The van der Waals surface area contributed by atoms with Gasteiger partial charge in [-0.25, -0.2) is 0 Å². The maximum atomic E-state index is 4.18. The standard InChI is InChI=1S/C15H12/c1-11-12-7-3-2-4-9-14(12)15-10-6-5-8-13(11)15/h2-8,10H,1,9H2. The Morgan fingerprint density at radius 2 is 1.80 bits per heavy atom. The van der Waals surface area contributed by atoms with Crippen LogP contribution >= 0.6 is 0 Å². The lowest BCUT2D eigenvalue weighted by Gasteiger charge is -2.01. The predicted octanol–water partition coefficient (Wildman–Crippen LogP) is 3.98. The van der Waals surface area contributed by atoms with E-state index in [1.807, 2.05) is 0 Å². The van der Waals surface area contributed by atoms with Crippen molar-refractivity contribution >= 4 is 11.1 Å². The minimum atomic E-state index is 1.01. The lowest BCUT2D eigenvalue weighted by atomic mass is 10.0. The molecule has 0 bridgehead atoms. The molecule has 0 saturated carbocycles. The van der Waals surface area contributed by atoms with Crippen LogP contribution in [-0.4, -0.2) is 0 Å². The predicted molar refractivity (Wildman–Crippen MR) is 65.3 cm³/mol. The molecule has 0 aromatic heterocycles. The van der Waals surface area contributed by atoms with Crippen molar-refractivity contribution in [2.45, 2.75) is 6.42 Å². The summed E-state index contributed by atoms with van der Waals surface area (Å²) in [4.78, 5) is 0. The number of allylic oxidation sites excluding steroid dienone is 7. The highest BCUT2D eigenvalue weighted by molar-refractivity contribution is 6.01. The molecule has 0 unspecified atom stereocenters. The first-order chi connectivity index (χ1) is 7.38. The molecule has 2 aliphatic carbocycles. The lowest BCUT2D eigenvalue weighted by Crippen LogP contribution is -1.81. The van der Waals surface area contributed by atoms with Gasteiger partial charge in [-0.2, -0.15) is 0 Å². The molecule has 0 heteroatoms. The Hall–Kier alpha value is -1.82. The van der Waals surface area contributed by atoms with E-state index < -0.39 is 0 Å². The molecule has 0 atom stereocenters. The second-order valence-corrected chi connectivity index (χ2v) is 3.91. The van der Waals surface area contributed by atoms with Gasteiger partial charge >= 0.3 is 0 Å². The second-order valence-electron chi connectivity index (χ2n) is 3.91. The maximum absolute atomic E-state index is 4.18. The summed E-state index contributed by atoms with van der Waals surface area (Å²) in [6.07, 6.45) is 9.58. The maximum Gasteiger partial charge on any atom is -0.00820 e. The van der Waals surface area contributed by atoms with E-state index in [1.54, 1.807) is 0 Å². The van der Waals surface area contributed by atoms with Crippen molar-refractivity contribution in [2.75, 3.05) is 0 Å². The van der Waals surface area contributed by atoms with E-state index in [1.165, 1.54) is 27.8 Å². The summed E-state index contributed by atoms with van der Waals surface area (Å²) in [6.45, 7) is 4.18. The van der Waals surface area contributed by atoms with E-state index in [0.29, 0.717) is 0 Å². The number of fused-ring (bicyclic) bond motifs is 2. The molecular weight excluding hydrogens is 180 g/mol. The topological polar surface area (TPSA) is 0 Å². The fourth-order valence-electron chi connectivity index (χ4n) is 2.32. The van der Waals surface area contributed by atoms with Crippen LogP contribution in [0.1, 0.15) is 17.5 Å². The summed E-state index contributed by atoms with van der Waals surface area (Å²) in [7, 11) is 0. The third-order valence-electron chi connectivity index (χ3n) is 3.06. The molecule has 0 N–H and O–H groups in total. The first kappa shape index (κ1) is 8.49. The minimum absolute atomic E-state index is 1.01. The highest BCUT2D eigenvalue weighted by atomic mass is 14.3. The monoisotopic (exact) mass is 192 g/mol. The van der Waals surface area contributed by atoms with Crippen LogP contribution in [0.4, 0.5) is 0 Å². The lowest BCUT2D eigenvalue weighted by molar-refractivity contribution is 1.40. The SMILES string of the molecule is C=C1C2=C(CC=CC=C2)c2ccccc21. The zero-order valence-electron chi connectivity index (χ0n) is 8.53. The first-order valence-corrected chi connectivity index (χ1v) is 5.23. The van der Waals surface area contributed by atoms with Crippen LogP contribution in [0, 0.1) is 0 Å². The van der Waals surface area contributed by atoms with Gasteiger partial charge in [-0.1, -0.05) is 55.1 Å². The zero-order chi connectivity index (χ0) is 10.3. The number of rotatable bonds is 0. The van der Waals surface area contributed by atoms with Crippen molar-refractivity contribution in [1.82, 2.24) is 0 Å². The van der Waals surface area contributed by atoms with E-state index in [-0.39, 0.29) is 0 Å². The van der Waals surface area contributed by atoms with Crippen molar-refractivity contribution in [3.63, 3.8) is 0 Å². The summed E-state index contributed by atoms with van der Waals surface area (Å²) < 4.78 is 0. The van der Waals surface area contributed by atoms with Crippen molar-refractivity contribution in [1.29, 1.82) is 0 Å². The molecule has 1 aromatic rings. The number of benzene rings is 1. The third kappa shape index (κ3) is 1.15. The summed E-state index contributed by atoms with van der Waals surface area (Å²) in [5.74, 6) is 0. The Labute approximate surface area is 89.9 Å². The highest BCUT2D eigenvalue weighted by Gasteiger charge is 2.22. The van der Waals surface area contributed by atoms with Crippen LogP contribution in [0.3, 0.4) is 0 Å². The van der Waals surface area contributed by atoms with Gasteiger partial charge in [0.15, 0.2) is 0 Å². The highest BCUT2D eigenvalue weighted by Crippen LogP contribution is 2.43. The van der Waals surface area contributed by atoms with Gasteiger partial charge in [0.05, 0.1) is 0 Å². The van der Waals surface area contributed by atoms with Gasteiger partial charge in [-0.15, -0.1) is 0 Å². The average molecular weight is 192 g/mol. The smallest absolute Gasteiger partial charge is 0.00820 e. The molecule has 0 spiro atoms. The van der Waals surface area contributed by atoms with E-state index in [2.05, 4.69) is 55.1 Å². The molecule has 15 heavy (non-hydrogen) atoms. The minimum Gasteiger partial charge on any atom is -0.0905 e. The summed E-state index contributed by atoms with van der Waals surface area (Å²) in [5, 5.41) is 0. The normalized spacial score (nSPS) is 17.7. The third-order valence-corrected chi connectivity index (χ3v) is 3.06. The van der Waals surface area contributed by atoms with Crippen LogP contribution < -0.4 is 0 Å². The van der Waals surface area contributed by atoms with Gasteiger partial charge < -0.3 is 0 Å². The molecule has 0 nitrogen and oxygen atoms in total. The van der Waals surface area contributed by atoms with Crippen molar-refractivity contribution in [3.05, 3.63) is 71.8 Å². The van der Waals surface area contributed by atoms with Crippen LogP contribution in [0.25, 0.3) is 11.1 Å². The van der Waals surface area contributed by atoms with Crippen molar-refractivity contribution < 1.29 is 0 Å². The van der Waals surface area contributed by atoms with Crippen molar-refractivity contribution in [3.8, 4) is 0 Å². The fraction of sp³-hybridized carbons (Fsp3) is 0.0667. The zero-order valence-corrected chi connectivity index (χ0v) is 8.53. The van der Waals surface area contributed by atoms with Crippen LogP contribution in [0.15, 0.2) is 60.7 Å². The van der Waals surface area contributed by atoms with E-state index in [0.717, 1.165) is 6.42 Å². The second kappa shape index (κ2) is 3.09.